The van der Waals surface area contributed by atoms with Crippen molar-refractivity contribution in [2.45, 2.75) is 69.7 Å². The molecule has 0 amide bonds. The van der Waals surface area contributed by atoms with Gasteiger partial charge < -0.3 is 9.62 Å². The first kappa shape index (κ1) is 18.6. The Labute approximate surface area is 157 Å². The molecule has 1 unspecified atom stereocenters. The van der Waals surface area contributed by atoms with Crippen LogP contribution in [0.4, 0.5) is 0 Å². The van der Waals surface area contributed by atoms with Crippen molar-refractivity contribution >= 4 is 11.9 Å². The van der Waals surface area contributed by atoms with Gasteiger partial charge >= 0.3 is 0 Å². The molecule has 1 aromatic rings. The molecule has 1 N–H and O–H groups in total. The first-order chi connectivity index (χ1) is 12.2. The number of fused-ring (bicyclic) bond motifs is 1. The maximum Gasteiger partial charge on any atom is 0.0605 e. The van der Waals surface area contributed by atoms with E-state index in [4.69, 9.17) is 0 Å². The van der Waals surface area contributed by atoms with Gasteiger partial charge in [0.2, 0.25) is 0 Å². The van der Waals surface area contributed by atoms with E-state index in [9.17, 15) is 0 Å². The minimum absolute atomic E-state index is 0.325. The van der Waals surface area contributed by atoms with Crippen LogP contribution in [0.5, 0.6) is 0 Å². The lowest BCUT2D eigenvalue weighted by molar-refractivity contribution is 0.532. The third kappa shape index (κ3) is 4.51. The van der Waals surface area contributed by atoms with Crippen LogP contribution in [0.2, 0.25) is 0 Å². The van der Waals surface area contributed by atoms with Crippen LogP contribution in [-0.2, 0) is 0 Å². The molecule has 0 saturated heterocycles. The summed E-state index contributed by atoms with van der Waals surface area (Å²) in [6.07, 6.45) is 13.7. The maximum absolute atomic E-state index is 3.88. The van der Waals surface area contributed by atoms with E-state index in [1.54, 1.807) is 0 Å². The van der Waals surface area contributed by atoms with Gasteiger partial charge in [0, 0.05) is 17.6 Å². The van der Waals surface area contributed by atoms with Gasteiger partial charge in [0.1, 0.15) is 0 Å². The molecule has 136 valence electrons. The van der Waals surface area contributed by atoms with Crippen LogP contribution in [0, 0.1) is 6.92 Å². The molecule has 0 spiro atoms. The van der Waals surface area contributed by atoms with E-state index in [0.29, 0.717) is 6.04 Å². The summed E-state index contributed by atoms with van der Waals surface area (Å²) in [6, 6.07) is 7.26. The number of hydrogen-bond donors (Lipinski definition) is 1. The molecule has 1 atom stereocenters. The standard InChI is InChI=1S/C22H32N2S/c1-4-5-6-7-10-15-23-22-18-11-8-9-12-20(18)24(3)25-21-16-17(2)13-14-19(21)22/h8,11,13-14,16,22-23H,4-7,9-10,12,15H2,1-3H3. The minimum Gasteiger partial charge on any atom is -0.319 e. The smallest absolute Gasteiger partial charge is 0.0605 e. The minimum atomic E-state index is 0.325. The third-order valence-electron chi connectivity index (χ3n) is 5.21. The first-order valence-corrected chi connectivity index (χ1v) is 10.6. The zero-order valence-corrected chi connectivity index (χ0v) is 16.8. The average Bonchev–Trinajstić information content (AvgIpc) is 2.73. The number of hydrogen-bond acceptors (Lipinski definition) is 3. The lowest BCUT2D eigenvalue weighted by Crippen LogP contribution is -2.26. The van der Waals surface area contributed by atoms with Crippen molar-refractivity contribution in [2.75, 3.05) is 13.6 Å². The van der Waals surface area contributed by atoms with Gasteiger partial charge in [-0.05, 0) is 67.4 Å². The summed E-state index contributed by atoms with van der Waals surface area (Å²) in [5, 5.41) is 3.88. The topological polar surface area (TPSA) is 15.3 Å². The summed E-state index contributed by atoms with van der Waals surface area (Å²) < 4.78 is 2.39. The van der Waals surface area contributed by atoms with Crippen molar-refractivity contribution in [1.82, 2.24) is 9.62 Å². The van der Waals surface area contributed by atoms with E-state index in [1.165, 1.54) is 59.4 Å². The predicted molar refractivity (Wildman–Crippen MR) is 110 cm³/mol. The normalized spacial score (nSPS) is 19.6. The van der Waals surface area contributed by atoms with E-state index in [1.807, 2.05) is 11.9 Å². The Morgan fingerprint density at radius 3 is 2.88 bits per heavy atom. The molecule has 1 aliphatic carbocycles. The molecular weight excluding hydrogens is 324 g/mol. The van der Waals surface area contributed by atoms with Crippen LogP contribution in [0.25, 0.3) is 0 Å². The number of benzene rings is 1. The fraction of sp³-hybridized carbons (Fsp3) is 0.545. The third-order valence-corrected chi connectivity index (χ3v) is 6.26. The second-order valence-corrected chi connectivity index (χ2v) is 8.44. The number of rotatable bonds is 7. The Hall–Kier alpha value is -1.19. The molecule has 0 aromatic heterocycles. The zero-order valence-electron chi connectivity index (χ0n) is 16.0. The fourth-order valence-electron chi connectivity index (χ4n) is 3.80. The van der Waals surface area contributed by atoms with Crippen molar-refractivity contribution in [2.24, 2.45) is 0 Å². The van der Waals surface area contributed by atoms with Crippen LogP contribution >= 0.6 is 11.9 Å². The summed E-state index contributed by atoms with van der Waals surface area (Å²) in [6.45, 7) is 5.57. The highest BCUT2D eigenvalue weighted by atomic mass is 32.2. The molecule has 25 heavy (non-hydrogen) atoms. The monoisotopic (exact) mass is 356 g/mol. The summed E-state index contributed by atoms with van der Waals surface area (Å²) >= 11 is 1.89. The molecule has 1 aromatic carbocycles. The Balaban J connectivity index is 1.80. The second kappa shape index (κ2) is 8.95. The molecular formula is C22H32N2S. The quantitative estimate of drug-likeness (QED) is 0.466. The largest absolute Gasteiger partial charge is 0.319 e. The molecule has 3 rings (SSSR count). The van der Waals surface area contributed by atoms with Crippen LogP contribution in [0.1, 0.15) is 69.0 Å². The molecule has 0 radical (unpaired) electrons. The van der Waals surface area contributed by atoms with E-state index in [0.717, 1.165) is 19.4 Å². The highest BCUT2D eigenvalue weighted by Crippen LogP contribution is 2.43. The predicted octanol–water partition coefficient (Wildman–Crippen LogP) is 6.15. The number of nitrogens with one attached hydrogen (secondary N) is 1. The van der Waals surface area contributed by atoms with Crippen molar-refractivity contribution in [1.29, 1.82) is 0 Å². The van der Waals surface area contributed by atoms with Crippen LogP contribution in [0.3, 0.4) is 0 Å². The Morgan fingerprint density at radius 2 is 2.04 bits per heavy atom. The van der Waals surface area contributed by atoms with Gasteiger partial charge in [-0.3, -0.25) is 0 Å². The molecule has 1 heterocycles. The lowest BCUT2D eigenvalue weighted by Gasteiger charge is -2.26. The first-order valence-electron chi connectivity index (χ1n) is 9.86. The molecule has 0 bridgehead atoms. The Kier molecular flexibility index (Phi) is 6.66. The summed E-state index contributed by atoms with van der Waals surface area (Å²) in [7, 11) is 2.22. The molecule has 0 saturated carbocycles. The molecule has 2 aliphatic rings. The van der Waals surface area contributed by atoms with Crippen molar-refractivity contribution in [3.8, 4) is 0 Å². The molecule has 2 nitrogen and oxygen atoms in total. The molecule has 3 heteroatoms. The highest BCUT2D eigenvalue weighted by Gasteiger charge is 2.28. The second-order valence-electron chi connectivity index (χ2n) is 7.27. The van der Waals surface area contributed by atoms with Gasteiger partial charge in [-0.2, -0.15) is 0 Å². The van der Waals surface area contributed by atoms with Crippen LogP contribution < -0.4 is 5.32 Å². The van der Waals surface area contributed by atoms with Gasteiger partial charge in [0.15, 0.2) is 0 Å². The van der Waals surface area contributed by atoms with Gasteiger partial charge in [-0.25, -0.2) is 0 Å². The number of nitrogens with zero attached hydrogens (tertiary/aromatic N) is 1. The van der Waals surface area contributed by atoms with Gasteiger partial charge in [0.05, 0.1) is 6.04 Å². The summed E-state index contributed by atoms with van der Waals surface area (Å²) in [5.74, 6) is 0. The highest BCUT2D eigenvalue weighted by molar-refractivity contribution is 7.97. The van der Waals surface area contributed by atoms with Crippen LogP contribution in [0.15, 0.2) is 46.5 Å². The van der Waals surface area contributed by atoms with Crippen molar-refractivity contribution in [3.05, 3.63) is 52.7 Å². The number of allylic oxidation sites excluding steroid dienone is 2. The average molecular weight is 357 g/mol. The van der Waals surface area contributed by atoms with Crippen LogP contribution in [-0.4, -0.2) is 17.9 Å². The number of unbranched alkanes of at least 4 members (excludes halogenated alkanes) is 4. The summed E-state index contributed by atoms with van der Waals surface area (Å²) in [5.41, 5.74) is 5.74. The van der Waals surface area contributed by atoms with Gasteiger partial charge in [-0.15, -0.1) is 0 Å². The SMILES string of the molecule is CCCCCCCNC1C2=C(CCC=C2)N(C)Sc2cc(C)ccc21. The number of aryl methyl sites for hydroxylation is 1. The van der Waals surface area contributed by atoms with Gasteiger partial charge in [0.25, 0.3) is 0 Å². The maximum atomic E-state index is 3.88. The van der Waals surface area contributed by atoms with Gasteiger partial charge in [-0.1, -0.05) is 56.9 Å². The van der Waals surface area contributed by atoms with E-state index in [2.05, 4.69) is 60.9 Å². The molecule has 0 fully saturated rings. The fourth-order valence-corrected chi connectivity index (χ4v) is 4.93. The van der Waals surface area contributed by atoms with E-state index in [-0.39, 0.29) is 0 Å². The van der Waals surface area contributed by atoms with E-state index < -0.39 is 0 Å². The van der Waals surface area contributed by atoms with Crippen molar-refractivity contribution in [3.63, 3.8) is 0 Å². The Morgan fingerprint density at radius 1 is 1.20 bits per heavy atom. The van der Waals surface area contributed by atoms with Crippen molar-refractivity contribution < 1.29 is 0 Å². The molecule has 1 aliphatic heterocycles. The van der Waals surface area contributed by atoms with E-state index >= 15 is 0 Å². The Bertz CT molecular complexity index is 647. The summed E-state index contributed by atoms with van der Waals surface area (Å²) in [4.78, 5) is 1.40. The lowest BCUT2D eigenvalue weighted by atomic mass is 9.91. The zero-order chi connectivity index (χ0) is 17.6.